The van der Waals surface area contributed by atoms with Gasteiger partial charge in [-0.15, -0.1) is 0 Å². The fraction of sp³-hybridized carbons (Fsp3) is 0.222. The van der Waals surface area contributed by atoms with Crippen LogP contribution in [-0.2, 0) is 11.2 Å². The van der Waals surface area contributed by atoms with Crippen LogP contribution < -0.4 is 58.2 Å². The molecule has 0 amide bonds. The second kappa shape index (κ2) is 10.0. The topological polar surface area (TPSA) is 61.1 Å². The van der Waals surface area contributed by atoms with E-state index in [9.17, 15) is 4.79 Å². The van der Waals surface area contributed by atoms with Crippen LogP contribution in [0.5, 0.6) is 0 Å². The minimum Gasteiger partial charge on any atom is -0.665 e. The standard InChI is InChI=1S/C9H10NO2.Pr.Rb/c10-8(9(11)12)6-7-4-2-1-3-5-7;;/h1-5,8,10H,6H2,(H,11,12);;/q-1;;+1. The summed E-state index contributed by atoms with van der Waals surface area (Å²) in [5.41, 5.74) is 8.05. The third-order valence-corrected chi connectivity index (χ3v) is 1.58. The van der Waals surface area contributed by atoms with E-state index in [-0.39, 0.29) is 106 Å². The second-order valence-electron chi connectivity index (χ2n) is 2.58. The van der Waals surface area contributed by atoms with Gasteiger partial charge in [0.15, 0.2) is 0 Å². The Kier molecular flexibility index (Phi) is 13.0. The third-order valence-electron chi connectivity index (χ3n) is 1.58. The predicted molar refractivity (Wildman–Crippen MR) is 45.9 cm³/mol. The molecule has 0 saturated carbocycles. The van der Waals surface area contributed by atoms with Gasteiger partial charge in [0.25, 0.3) is 5.97 Å². The number of aliphatic carboxylic acids is 1. The summed E-state index contributed by atoms with van der Waals surface area (Å²) in [4.78, 5) is 10.3. The summed E-state index contributed by atoms with van der Waals surface area (Å²) in [6.45, 7) is 0. The van der Waals surface area contributed by atoms with Crippen LogP contribution in [-0.4, -0.2) is 17.1 Å². The molecule has 1 unspecified atom stereocenters. The Morgan fingerprint density at radius 2 is 1.86 bits per heavy atom. The zero-order chi connectivity index (χ0) is 8.97. The van der Waals surface area contributed by atoms with Crippen LogP contribution in [0.2, 0.25) is 0 Å². The molecule has 3 nitrogen and oxygen atoms in total. The van der Waals surface area contributed by atoms with E-state index in [2.05, 4.69) is 0 Å². The molecule has 14 heavy (non-hydrogen) atoms. The molecule has 1 aromatic carbocycles. The minimum absolute atomic E-state index is 0. The van der Waals surface area contributed by atoms with Crippen molar-refractivity contribution in [3.63, 3.8) is 0 Å². The first-order valence-corrected chi connectivity index (χ1v) is 3.68. The quantitative estimate of drug-likeness (QED) is 0.700. The number of carboxylic acid groups (broad SMARTS) is 1. The maximum absolute atomic E-state index is 10.3. The number of carbonyl (C=O) groups is 1. The Balaban J connectivity index is 0. The molecule has 0 aliphatic rings. The summed E-state index contributed by atoms with van der Waals surface area (Å²) < 4.78 is 0. The zero-order valence-electron chi connectivity index (χ0n) is 8.10. The molecule has 1 aromatic rings. The SMILES string of the molecule is [NH-]C(Cc1ccccc1)C(=O)O.[Pr].[Rb+]. The number of hydrogen-bond acceptors (Lipinski definition) is 1. The summed E-state index contributed by atoms with van der Waals surface area (Å²) >= 11 is 0. The van der Waals surface area contributed by atoms with Crippen LogP contribution in [0.1, 0.15) is 5.56 Å². The van der Waals surface area contributed by atoms with Gasteiger partial charge in [-0.05, 0) is 18.0 Å². The van der Waals surface area contributed by atoms with E-state index in [4.69, 9.17) is 10.8 Å². The average molecular weight is 391 g/mol. The van der Waals surface area contributed by atoms with Gasteiger partial charge in [-0.3, -0.25) is 4.79 Å². The molecule has 0 saturated heterocycles. The smallest absolute Gasteiger partial charge is 0.665 e. The van der Waals surface area contributed by atoms with Crippen LogP contribution in [0.3, 0.4) is 0 Å². The van der Waals surface area contributed by atoms with Crippen molar-refractivity contribution in [3.05, 3.63) is 41.6 Å². The van der Waals surface area contributed by atoms with Gasteiger partial charge in [-0.1, -0.05) is 30.3 Å². The molecule has 2 N–H and O–H groups in total. The van der Waals surface area contributed by atoms with Crippen molar-refractivity contribution in [1.29, 1.82) is 0 Å². The molecule has 67 valence electrons. The van der Waals surface area contributed by atoms with Crippen molar-refractivity contribution < 1.29 is 109 Å². The Morgan fingerprint density at radius 1 is 1.36 bits per heavy atom. The van der Waals surface area contributed by atoms with Gasteiger partial charge in [0.2, 0.25) is 0 Å². The van der Waals surface area contributed by atoms with E-state index in [0.29, 0.717) is 0 Å². The van der Waals surface area contributed by atoms with Gasteiger partial charge in [0.05, 0.1) is 0 Å². The molecular weight excluding hydrogens is 380 g/mol. The van der Waals surface area contributed by atoms with Gasteiger partial charge in [0, 0.05) is 41.3 Å². The van der Waals surface area contributed by atoms with E-state index in [1.165, 1.54) is 0 Å². The van der Waals surface area contributed by atoms with E-state index in [0.717, 1.165) is 5.56 Å². The zero-order valence-corrected chi connectivity index (χ0v) is 16.7. The normalized spacial score (nSPS) is 10.6. The fourth-order valence-corrected chi connectivity index (χ4v) is 0.937. The largest absolute Gasteiger partial charge is 1.00 e. The summed E-state index contributed by atoms with van der Waals surface area (Å²) in [5, 5.41) is 8.46. The number of hydrogen-bond donors (Lipinski definition) is 1. The molecule has 0 fully saturated rings. The maximum Gasteiger partial charge on any atom is 1.00 e. The van der Waals surface area contributed by atoms with Crippen LogP contribution >= 0.6 is 0 Å². The van der Waals surface area contributed by atoms with E-state index < -0.39 is 12.0 Å². The van der Waals surface area contributed by atoms with Crippen LogP contribution in [0.25, 0.3) is 5.73 Å². The van der Waals surface area contributed by atoms with Gasteiger partial charge >= 0.3 is 58.2 Å². The first kappa shape index (κ1) is 18.2. The summed E-state index contributed by atoms with van der Waals surface area (Å²) in [6.07, 6.45) is 0.274. The number of nitrogens with one attached hydrogen (secondary N) is 1. The number of rotatable bonds is 3. The van der Waals surface area contributed by atoms with Crippen molar-refractivity contribution in [2.24, 2.45) is 0 Å². The monoisotopic (exact) mass is 390 g/mol. The minimum atomic E-state index is -1.07. The maximum atomic E-state index is 10.3. The van der Waals surface area contributed by atoms with Crippen molar-refractivity contribution in [3.8, 4) is 0 Å². The van der Waals surface area contributed by atoms with Gasteiger partial charge in [-0.25, -0.2) is 0 Å². The predicted octanol–water partition coefficient (Wildman–Crippen LogP) is -1.26. The van der Waals surface area contributed by atoms with Crippen molar-refractivity contribution in [2.45, 2.75) is 12.5 Å². The Morgan fingerprint density at radius 3 is 2.29 bits per heavy atom. The van der Waals surface area contributed by atoms with Gasteiger partial charge in [0.1, 0.15) is 0 Å². The Labute approximate surface area is 166 Å². The molecule has 0 spiro atoms. The first-order valence-electron chi connectivity index (χ1n) is 3.68. The molecule has 1 atom stereocenters. The molecule has 0 aliphatic heterocycles. The molecule has 0 bridgehead atoms. The van der Waals surface area contributed by atoms with Crippen molar-refractivity contribution in [2.75, 3.05) is 0 Å². The van der Waals surface area contributed by atoms with Gasteiger partial charge < -0.3 is 10.8 Å². The van der Waals surface area contributed by atoms with Gasteiger partial charge in [-0.2, -0.15) is 0 Å². The molecule has 0 aromatic heterocycles. The molecule has 0 heterocycles. The number of carboxylic acids is 1. The Bertz CT molecular complexity index is 269. The van der Waals surface area contributed by atoms with Crippen LogP contribution in [0, 0.1) is 41.3 Å². The van der Waals surface area contributed by atoms with E-state index >= 15 is 0 Å². The third kappa shape index (κ3) is 7.15. The van der Waals surface area contributed by atoms with E-state index in [1.807, 2.05) is 30.3 Å². The molecule has 1 radical (unpaired) electrons. The van der Waals surface area contributed by atoms with Crippen molar-refractivity contribution >= 4 is 5.97 Å². The van der Waals surface area contributed by atoms with Crippen molar-refractivity contribution in [1.82, 2.24) is 0 Å². The van der Waals surface area contributed by atoms with E-state index in [1.54, 1.807) is 0 Å². The first-order chi connectivity index (χ1) is 5.70. The average Bonchev–Trinajstić information content (AvgIpc) is 2.06. The summed E-state index contributed by atoms with van der Waals surface area (Å²) in [7, 11) is 0. The molecule has 5 heteroatoms. The van der Waals surface area contributed by atoms with Crippen LogP contribution in [0.4, 0.5) is 0 Å². The summed E-state index contributed by atoms with van der Waals surface area (Å²) in [6, 6.07) is 8.14. The van der Waals surface area contributed by atoms with Crippen LogP contribution in [0.15, 0.2) is 30.3 Å². The number of benzene rings is 1. The molecule has 1 rings (SSSR count). The fourth-order valence-electron chi connectivity index (χ4n) is 0.937. The molecular formula is C9H10NO2PrRb. The molecule has 0 aliphatic carbocycles. The second-order valence-corrected chi connectivity index (χ2v) is 2.58. The summed E-state index contributed by atoms with van der Waals surface area (Å²) in [5.74, 6) is -1.07. The Hall–Kier alpha value is 1.82.